The number of aryl methyl sites for hydroxylation is 1. The fraction of sp³-hybridized carbons (Fsp3) is 0.333. The Bertz CT molecular complexity index is 235. The molecule has 0 amide bonds. The minimum atomic E-state index is -0.0692. The predicted octanol–water partition coefficient (Wildman–Crippen LogP) is 3.27. The molecule has 0 nitrogen and oxygen atoms in total. The van der Waals surface area contributed by atoms with Crippen molar-refractivity contribution in [3.8, 4) is 0 Å². The molecule has 0 aliphatic rings. The highest BCUT2D eigenvalue weighted by Crippen LogP contribution is 2.36. The second-order valence-electron chi connectivity index (χ2n) is 2.80. The lowest BCUT2D eigenvalue weighted by Crippen LogP contribution is -1.84. The van der Waals surface area contributed by atoms with Gasteiger partial charge >= 0.3 is 0 Å². The Morgan fingerprint density at radius 3 is 2.27 bits per heavy atom. The third kappa shape index (κ3) is 1.91. The van der Waals surface area contributed by atoms with Crippen LogP contribution in [0.2, 0.25) is 5.02 Å². The molecular weight excluding hydrogens is 176 g/mol. The maximum absolute atomic E-state index is 6.04. The highest BCUT2D eigenvalue weighted by atomic mass is 35.5. The lowest BCUT2D eigenvalue weighted by atomic mass is 10.2. The van der Waals surface area contributed by atoms with Crippen LogP contribution in [-0.4, -0.2) is 12.5 Å². The lowest BCUT2D eigenvalue weighted by Gasteiger charge is -2.14. The molecule has 1 aromatic carbocycles. The average Bonchev–Trinajstić information content (AvgIpc) is 1.85. The van der Waals surface area contributed by atoms with Crippen LogP contribution in [0.1, 0.15) is 5.56 Å². The molecule has 0 spiro atoms. The molecular formula is C9H13ClS. The Morgan fingerprint density at radius 2 is 1.91 bits per heavy atom. The molecule has 62 valence electrons. The van der Waals surface area contributed by atoms with E-state index in [1.165, 1.54) is 10.5 Å². The standard InChI is InChI=1S/C9H13ClS/c1-7-5-4-6-8(10)9(7)11(2)3/h4-6,11H,1-3H3. The van der Waals surface area contributed by atoms with Gasteiger partial charge in [-0.2, -0.15) is 0 Å². The molecule has 0 fully saturated rings. The number of thiol groups is 1. The van der Waals surface area contributed by atoms with Gasteiger partial charge < -0.3 is 0 Å². The van der Waals surface area contributed by atoms with Gasteiger partial charge in [-0.3, -0.25) is 0 Å². The Kier molecular flexibility index (Phi) is 2.85. The molecule has 0 heterocycles. The van der Waals surface area contributed by atoms with E-state index >= 15 is 0 Å². The van der Waals surface area contributed by atoms with E-state index in [4.69, 9.17) is 11.6 Å². The van der Waals surface area contributed by atoms with Crippen LogP contribution in [0.15, 0.2) is 23.1 Å². The number of rotatable bonds is 1. The Labute approximate surface area is 75.9 Å². The average molecular weight is 189 g/mol. The molecule has 0 N–H and O–H groups in total. The normalized spacial score (nSPS) is 11.5. The van der Waals surface area contributed by atoms with Gasteiger partial charge in [0.05, 0.1) is 5.02 Å². The highest BCUT2D eigenvalue weighted by Gasteiger charge is 2.03. The van der Waals surface area contributed by atoms with Crippen LogP contribution < -0.4 is 0 Å². The third-order valence-corrected chi connectivity index (χ3v) is 3.57. The van der Waals surface area contributed by atoms with Crippen molar-refractivity contribution >= 4 is 22.5 Å². The van der Waals surface area contributed by atoms with Gasteiger partial charge in [0, 0.05) is 4.90 Å². The molecule has 0 radical (unpaired) electrons. The highest BCUT2D eigenvalue weighted by molar-refractivity contribution is 8.16. The molecule has 0 aromatic heterocycles. The number of hydrogen-bond acceptors (Lipinski definition) is 0. The molecule has 0 atom stereocenters. The Morgan fingerprint density at radius 1 is 1.27 bits per heavy atom. The Hall–Kier alpha value is -0.140. The molecule has 1 rings (SSSR count). The molecule has 1 aromatic rings. The van der Waals surface area contributed by atoms with E-state index in [9.17, 15) is 0 Å². The molecule has 0 unspecified atom stereocenters. The zero-order valence-corrected chi connectivity index (χ0v) is 8.71. The molecule has 0 saturated carbocycles. The third-order valence-electron chi connectivity index (χ3n) is 1.64. The van der Waals surface area contributed by atoms with E-state index < -0.39 is 0 Å². The Balaban J connectivity index is 3.21. The monoisotopic (exact) mass is 188 g/mol. The summed E-state index contributed by atoms with van der Waals surface area (Å²) in [5.41, 5.74) is 1.31. The maximum atomic E-state index is 6.04. The summed E-state index contributed by atoms with van der Waals surface area (Å²) in [6.45, 7) is 2.11. The van der Waals surface area contributed by atoms with Crippen LogP contribution in [0, 0.1) is 6.92 Å². The fourth-order valence-corrected chi connectivity index (χ4v) is 3.20. The predicted molar refractivity (Wildman–Crippen MR) is 55.3 cm³/mol. The number of halogens is 1. The van der Waals surface area contributed by atoms with Crippen molar-refractivity contribution in [3.05, 3.63) is 28.8 Å². The van der Waals surface area contributed by atoms with E-state index in [2.05, 4.69) is 25.5 Å². The second-order valence-corrected chi connectivity index (χ2v) is 5.44. The summed E-state index contributed by atoms with van der Waals surface area (Å²) in [5, 5.41) is 0.918. The topological polar surface area (TPSA) is 0 Å². The van der Waals surface area contributed by atoms with Gasteiger partial charge in [0.2, 0.25) is 0 Å². The first-order chi connectivity index (χ1) is 5.13. The van der Waals surface area contributed by atoms with Gasteiger partial charge in [-0.15, -0.1) is 0 Å². The fourth-order valence-electron chi connectivity index (χ4n) is 1.19. The molecule has 0 aliphatic heterocycles. The van der Waals surface area contributed by atoms with Crippen LogP contribution in [-0.2, 0) is 0 Å². The van der Waals surface area contributed by atoms with Gasteiger partial charge in [-0.1, -0.05) is 23.7 Å². The van der Waals surface area contributed by atoms with Gasteiger partial charge in [-0.25, -0.2) is 10.9 Å². The quantitative estimate of drug-likeness (QED) is 0.643. The smallest absolute Gasteiger partial charge is 0.0527 e. The van der Waals surface area contributed by atoms with Crippen LogP contribution in [0.3, 0.4) is 0 Å². The van der Waals surface area contributed by atoms with Crippen molar-refractivity contribution in [1.82, 2.24) is 0 Å². The van der Waals surface area contributed by atoms with Gasteiger partial charge in [0.15, 0.2) is 0 Å². The molecule has 0 bridgehead atoms. The van der Waals surface area contributed by atoms with Crippen molar-refractivity contribution in [1.29, 1.82) is 0 Å². The zero-order chi connectivity index (χ0) is 8.43. The van der Waals surface area contributed by atoms with E-state index in [1.54, 1.807) is 0 Å². The van der Waals surface area contributed by atoms with E-state index in [-0.39, 0.29) is 10.9 Å². The van der Waals surface area contributed by atoms with E-state index in [0.29, 0.717) is 0 Å². The first-order valence-corrected chi connectivity index (χ1v) is 6.17. The summed E-state index contributed by atoms with van der Waals surface area (Å²) in [6, 6.07) is 6.08. The van der Waals surface area contributed by atoms with Crippen molar-refractivity contribution in [2.75, 3.05) is 12.5 Å². The van der Waals surface area contributed by atoms with Crippen LogP contribution in [0.5, 0.6) is 0 Å². The summed E-state index contributed by atoms with van der Waals surface area (Å²) >= 11 is 6.04. The first kappa shape index (κ1) is 8.95. The second kappa shape index (κ2) is 3.51. The molecule has 11 heavy (non-hydrogen) atoms. The van der Waals surface area contributed by atoms with Crippen molar-refractivity contribution < 1.29 is 0 Å². The minimum absolute atomic E-state index is 0.0692. The minimum Gasteiger partial charge on any atom is -0.231 e. The van der Waals surface area contributed by atoms with Crippen LogP contribution in [0.25, 0.3) is 0 Å². The lowest BCUT2D eigenvalue weighted by molar-refractivity contribution is 1.30. The zero-order valence-electron chi connectivity index (χ0n) is 7.06. The molecule has 0 aliphatic carbocycles. The van der Waals surface area contributed by atoms with Crippen LogP contribution in [0.4, 0.5) is 0 Å². The molecule has 2 heteroatoms. The SMILES string of the molecule is Cc1cccc(Cl)c1[SH](C)C. The summed E-state index contributed by atoms with van der Waals surface area (Å²) < 4.78 is 0. The van der Waals surface area contributed by atoms with Crippen molar-refractivity contribution in [2.24, 2.45) is 0 Å². The van der Waals surface area contributed by atoms with Crippen molar-refractivity contribution in [2.45, 2.75) is 11.8 Å². The number of hydrogen-bond donors (Lipinski definition) is 1. The maximum Gasteiger partial charge on any atom is 0.0527 e. The van der Waals surface area contributed by atoms with Gasteiger partial charge in [0.25, 0.3) is 0 Å². The summed E-state index contributed by atoms with van der Waals surface area (Å²) in [5.74, 6) is 0. The largest absolute Gasteiger partial charge is 0.231 e. The first-order valence-electron chi connectivity index (χ1n) is 3.55. The number of benzene rings is 1. The van der Waals surface area contributed by atoms with E-state index in [0.717, 1.165) is 5.02 Å². The summed E-state index contributed by atoms with van der Waals surface area (Å²) in [6.07, 6.45) is 4.45. The van der Waals surface area contributed by atoms with Crippen LogP contribution >= 0.6 is 22.5 Å². The van der Waals surface area contributed by atoms with Gasteiger partial charge in [-0.05, 0) is 31.1 Å². The molecule has 0 saturated heterocycles. The summed E-state index contributed by atoms with van der Waals surface area (Å²) in [7, 11) is -0.0692. The summed E-state index contributed by atoms with van der Waals surface area (Å²) in [4.78, 5) is 1.34. The van der Waals surface area contributed by atoms with E-state index in [1.807, 2.05) is 12.1 Å². The van der Waals surface area contributed by atoms with Gasteiger partial charge in [0.1, 0.15) is 0 Å². The van der Waals surface area contributed by atoms with Crippen molar-refractivity contribution in [3.63, 3.8) is 0 Å².